The van der Waals surface area contributed by atoms with Gasteiger partial charge in [0.1, 0.15) is 18.1 Å². The molecule has 1 fully saturated rings. The molecule has 0 spiro atoms. The Hall–Kier alpha value is -3.42. The molecule has 3 aromatic carbocycles. The Morgan fingerprint density at radius 2 is 1.74 bits per heavy atom. The van der Waals surface area contributed by atoms with Gasteiger partial charge < -0.3 is 19.5 Å². The van der Waals surface area contributed by atoms with Crippen molar-refractivity contribution in [2.24, 2.45) is 0 Å². The van der Waals surface area contributed by atoms with E-state index in [4.69, 9.17) is 9.47 Å². The largest absolute Gasteiger partial charge is 0.507 e. The Morgan fingerprint density at radius 1 is 1.03 bits per heavy atom. The zero-order valence-corrected chi connectivity index (χ0v) is 21.1. The highest BCUT2D eigenvalue weighted by atomic mass is 79.9. The Bertz CT molecular complexity index is 1250. The maximum Gasteiger partial charge on any atom is 0.295 e. The molecule has 1 aliphatic rings. The highest BCUT2D eigenvalue weighted by molar-refractivity contribution is 9.10. The minimum Gasteiger partial charge on any atom is -0.507 e. The Morgan fingerprint density at radius 3 is 2.40 bits per heavy atom. The second-order valence-corrected chi connectivity index (χ2v) is 9.25. The molecule has 180 valence electrons. The van der Waals surface area contributed by atoms with Crippen LogP contribution in [0.5, 0.6) is 5.75 Å². The van der Waals surface area contributed by atoms with Crippen molar-refractivity contribution in [3.8, 4) is 5.75 Å². The number of Topliss-reactive ketones (excluding diaryl/α,β-unsaturated/α-hetero) is 1. The third-order valence-electron chi connectivity index (χ3n) is 5.88. The van der Waals surface area contributed by atoms with Crippen LogP contribution >= 0.6 is 15.9 Å². The van der Waals surface area contributed by atoms with Crippen LogP contribution in [-0.4, -0.2) is 42.0 Å². The summed E-state index contributed by atoms with van der Waals surface area (Å²) in [7, 11) is 1.54. The summed E-state index contributed by atoms with van der Waals surface area (Å²) in [6, 6.07) is 21.5. The fourth-order valence-electron chi connectivity index (χ4n) is 4.13. The van der Waals surface area contributed by atoms with Gasteiger partial charge in [-0.05, 0) is 54.4 Å². The predicted octanol–water partition coefficient (Wildman–Crippen LogP) is 5.40. The van der Waals surface area contributed by atoms with Gasteiger partial charge in [-0.2, -0.15) is 0 Å². The molecule has 1 atom stereocenters. The van der Waals surface area contributed by atoms with Gasteiger partial charge in [-0.25, -0.2) is 0 Å². The maximum atomic E-state index is 13.0. The molecular formula is C28H26BrNO5. The minimum absolute atomic E-state index is 0.0573. The molecule has 4 rings (SSSR count). The number of amides is 1. The summed E-state index contributed by atoms with van der Waals surface area (Å²) in [6.07, 6.45) is 0. The van der Waals surface area contributed by atoms with Crippen molar-refractivity contribution in [2.75, 3.05) is 20.3 Å². The van der Waals surface area contributed by atoms with E-state index in [1.165, 1.54) is 12.0 Å². The van der Waals surface area contributed by atoms with Gasteiger partial charge in [0.25, 0.3) is 11.7 Å². The van der Waals surface area contributed by atoms with Crippen LogP contribution in [0, 0.1) is 6.92 Å². The number of methoxy groups -OCH3 is 1. The van der Waals surface area contributed by atoms with E-state index in [-0.39, 0.29) is 24.5 Å². The van der Waals surface area contributed by atoms with E-state index in [0.717, 1.165) is 21.2 Å². The first-order chi connectivity index (χ1) is 16.9. The highest BCUT2D eigenvalue weighted by Gasteiger charge is 2.45. The molecule has 0 unspecified atom stereocenters. The molecule has 0 aromatic heterocycles. The number of ketones is 1. The van der Waals surface area contributed by atoms with Crippen molar-refractivity contribution >= 4 is 33.4 Å². The topological polar surface area (TPSA) is 76.1 Å². The number of carbonyl (C=O) groups excluding carboxylic acids is 2. The smallest absolute Gasteiger partial charge is 0.295 e. The van der Waals surface area contributed by atoms with Gasteiger partial charge in [-0.15, -0.1) is 0 Å². The summed E-state index contributed by atoms with van der Waals surface area (Å²) < 4.78 is 11.9. The number of aliphatic hydroxyl groups is 1. The molecular weight excluding hydrogens is 510 g/mol. The fourth-order valence-corrected chi connectivity index (χ4v) is 4.39. The van der Waals surface area contributed by atoms with Crippen molar-refractivity contribution in [1.82, 2.24) is 4.90 Å². The maximum absolute atomic E-state index is 13.0. The number of benzene rings is 3. The van der Waals surface area contributed by atoms with E-state index in [9.17, 15) is 14.7 Å². The standard InChI is InChI=1S/C28H26BrNO5/c1-18-4-3-5-19(16-18)17-35-23-12-8-21(9-13-23)26(31)24-25(20-6-10-22(29)11-7-20)30(14-15-34-2)28(33)27(24)32/h3-13,16,25,31H,14-15,17H2,1-2H3/b26-24+/t25-/m0/s1. The molecule has 3 aromatic rings. The Balaban J connectivity index is 1.63. The second-order valence-electron chi connectivity index (χ2n) is 8.34. The van der Waals surface area contributed by atoms with Gasteiger partial charge in [0.15, 0.2) is 0 Å². The van der Waals surface area contributed by atoms with E-state index in [2.05, 4.69) is 22.0 Å². The summed E-state index contributed by atoms with van der Waals surface area (Å²) in [5, 5.41) is 11.2. The number of hydrogen-bond acceptors (Lipinski definition) is 5. The second kappa shape index (κ2) is 10.9. The third kappa shape index (κ3) is 5.47. The zero-order chi connectivity index (χ0) is 24.9. The number of ether oxygens (including phenoxy) is 2. The Labute approximate surface area is 212 Å². The van der Waals surface area contributed by atoms with Crippen LogP contribution in [0.2, 0.25) is 0 Å². The molecule has 0 bridgehead atoms. The van der Waals surface area contributed by atoms with E-state index in [1.807, 2.05) is 49.4 Å². The number of rotatable bonds is 8. The number of carbonyl (C=O) groups is 2. The van der Waals surface area contributed by atoms with Gasteiger partial charge in [0, 0.05) is 23.7 Å². The molecule has 6 nitrogen and oxygen atoms in total. The summed E-state index contributed by atoms with van der Waals surface area (Å²) in [6.45, 7) is 2.94. The van der Waals surface area contributed by atoms with Gasteiger partial charge >= 0.3 is 0 Å². The normalized spacial score (nSPS) is 17.1. The molecule has 7 heteroatoms. The molecule has 1 saturated heterocycles. The van der Waals surface area contributed by atoms with Crippen molar-refractivity contribution in [3.63, 3.8) is 0 Å². The van der Waals surface area contributed by atoms with E-state index in [0.29, 0.717) is 17.9 Å². The number of halogens is 1. The van der Waals surface area contributed by atoms with Crippen LogP contribution in [-0.2, 0) is 20.9 Å². The van der Waals surface area contributed by atoms with Gasteiger partial charge in [0.2, 0.25) is 0 Å². The zero-order valence-electron chi connectivity index (χ0n) is 19.5. The average Bonchev–Trinajstić information content (AvgIpc) is 3.11. The first-order valence-corrected chi connectivity index (χ1v) is 12.0. The van der Waals surface area contributed by atoms with Crippen LogP contribution in [0.25, 0.3) is 5.76 Å². The van der Waals surface area contributed by atoms with E-state index < -0.39 is 17.7 Å². The lowest BCUT2D eigenvalue weighted by Crippen LogP contribution is -2.32. The van der Waals surface area contributed by atoms with E-state index >= 15 is 0 Å². The number of likely N-dealkylation sites (tertiary alicyclic amines) is 1. The minimum atomic E-state index is -0.716. The number of nitrogens with zero attached hydrogens (tertiary/aromatic N) is 1. The number of aryl methyl sites for hydroxylation is 1. The fraction of sp³-hybridized carbons (Fsp3) is 0.214. The summed E-state index contributed by atoms with van der Waals surface area (Å²) in [4.78, 5) is 27.3. The highest BCUT2D eigenvalue weighted by Crippen LogP contribution is 2.39. The summed E-state index contributed by atoms with van der Waals surface area (Å²) >= 11 is 3.41. The molecule has 0 radical (unpaired) electrons. The lowest BCUT2D eigenvalue weighted by atomic mass is 9.95. The van der Waals surface area contributed by atoms with Crippen LogP contribution in [0.3, 0.4) is 0 Å². The van der Waals surface area contributed by atoms with Gasteiger partial charge in [-0.3, -0.25) is 9.59 Å². The van der Waals surface area contributed by atoms with Crippen molar-refractivity contribution in [1.29, 1.82) is 0 Å². The molecule has 1 N–H and O–H groups in total. The van der Waals surface area contributed by atoms with Crippen molar-refractivity contribution in [2.45, 2.75) is 19.6 Å². The van der Waals surface area contributed by atoms with Crippen LogP contribution in [0.1, 0.15) is 28.3 Å². The molecule has 0 saturated carbocycles. The van der Waals surface area contributed by atoms with Gasteiger partial charge in [-0.1, -0.05) is 57.9 Å². The third-order valence-corrected chi connectivity index (χ3v) is 6.41. The number of aliphatic hydroxyl groups excluding tert-OH is 1. The molecule has 0 aliphatic carbocycles. The lowest BCUT2D eigenvalue weighted by Gasteiger charge is -2.25. The van der Waals surface area contributed by atoms with Crippen LogP contribution in [0.15, 0.2) is 82.8 Å². The first-order valence-electron chi connectivity index (χ1n) is 11.2. The SMILES string of the molecule is COCCN1C(=O)C(=O)/C(=C(/O)c2ccc(OCc3cccc(C)c3)cc2)[C@@H]1c1ccc(Br)cc1. The predicted molar refractivity (Wildman–Crippen MR) is 137 cm³/mol. The van der Waals surface area contributed by atoms with Crippen molar-refractivity contribution in [3.05, 3.63) is 105 Å². The van der Waals surface area contributed by atoms with Gasteiger partial charge in [0.05, 0.1) is 18.2 Å². The monoisotopic (exact) mass is 535 g/mol. The lowest BCUT2D eigenvalue weighted by molar-refractivity contribution is -0.140. The number of hydrogen-bond donors (Lipinski definition) is 1. The summed E-state index contributed by atoms with van der Waals surface area (Å²) in [5.41, 5.74) is 3.43. The first kappa shape index (κ1) is 24.7. The molecule has 35 heavy (non-hydrogen) atoms. The molecule has 1 heterocycles. The van der Waals surface area contributed by atoms with Crippen molar-refractivity contribution < 1.29 is 24.2 Å². The molecule has 1 aliphatic heterocycles. The molecule has 1 amide bonds. The Kier molecular flexibility index (Phi) is 7.68. The average molecular weight is 536 g/mol. The quantitative estimate of drug-likeness (QED) is 0.237. The van der Waals surface area contributed by atoms with Crippen LogP contribution in [0.4, 0.5) is 0 Å². The van der Waals surface area contributed by atoms with E-state index in [1.54, 1.807) is 24.3 Å². The van der Waals surface area contributed by atoms with Crippen LogP contribution < -0.4 is 4.74 Å². The summed E-state index contributed by atoms with van der Waals surface area (Å²) in [5.74, 6) is -0.963.